The Kier molecular flexibility index (Phi) is 5.19. The number of rotatable bonds is 6. The minimum Gasteiger partial charge on any atom is -0.493 e. The van der Waals surface area contributed by atoms with Crippen LogP contribution in [0.3, 0.4) is 0 Å². The second-order valence-corrected chi connectivity index (χ2v) is 7.31. The van der Waals surface area contributed by atoms with E-state index >= 15 is 0 Å². The molecule has 0 radical (unpaired) electrons. The standard InChI is InChI=1S/C17H25BrN2O/c1-13(12-20-5-2-3-6-20)10-19-11-15-9-16(18)8-14-4-7-21-17(14)15/h8-9,13,19H,2-7,10-12H2,1H3. The highest BCUT2D eigenvalue weighted by atomic mass is 79.9. The number of nitrogens with one attached hydrogen (secondary N) is 1. The van der Waals surface area contributed by atoms with Gasteiger partial charge in [0.15, 0.2) is 0 Å². The van der Waals surface area contributed by atoms with Crippen LogP contribution in [0.15, 0.2) is 16.6 Å². The van der Waals surface area contributed by atoms with Crippen molar-refractivity contribution in [2.75, 3.05) is 32.8 Å². The predicted octanol–water partition coefficient (Wildman–Crippen LogP) is 3.21. The Morgan fingerprint density at radius 1 is 1.33 bits per heavy atom. The number of hydrogen-bond acceptors (Lipinski definition) is 3. The molecule has 2 aliphatic rings. The summed E-state index contributed by atoms with van der Waals surface area (Å²) in [5.41, 5.74) is 2.62. The summed E-state index contributed by atoms with van der Waals surface area (Å²) >= 11 is 3.60. The van der Waals surface area contributed by atoms with Gasteiger partial charge in [-0.05, 0) is 56.1 Å². The summed E-state index contributed by atoms with van der Waals surface area (Å²) in [7, 11) is 0. The van der Waals surface area contributed by atoms with E-state index in [2.05, 4.69) is 45.2 Å². The highest BCUT2D eigenvalue weighted by Crippen LogP contribution is 2.32. The van der Waals surface area contributed by atoms with E-state index in [9.17, 15) is 0 Å². The van der Waals surface area contributed by atoms with Crippen molar-refractivity contribution in [3.8, 4) is 5.75 Å². The van der Waals surface area contributed by atoms with E-state index in [1.54, 1.807) is 0 Å². The van der Waals surface area contributed by atoms with E-state index in [0.717, 1.165) is 36.3 Å². The Morgan fingerprint density at radius 2 is 2.14 bits per heavy atom. The maximum absolute atomic E-state index is 5.78. The lowest BCUT2D eigenvalue weighted by Gasteiger charge is -2.20. The molecule has 0 aliphatic carbocycles. The summed E-state index contributed by atoms with van der Waals surface area (Å²) in [5.74, 6) is 1.81. The number of halogens is 1. The lowest BCUT2D eigenvalue weighted by molar-refractivity contribution is 0.282. The first kappa shape index (κ1) is 15.3. The number of likely N-dealkylation sites (tertiary alicyclic amines) is 1. The second-order valence-electron chi connectivity index (χ2n) is 6.40. The number of benzene rings is 1. The Hall–Kier alpha value is -0.580. The molecule has 2 heterocycles. The van der Waals surface area contributed by atoms with Crippen molar-refractivity contribution in [1.29, 1.82) is 0 Å². The van der Waals surface area contributed by atoms with E-state index in [4.69, 9.17) is 4.74 Å². The molecule has 1 aromatic carbocycles. The first-order valence-corrected chi connectivity index (χ1v) is 8.89. The molecule has 1 N–H and O–H groups in total. The lowest BCUT2D eigenvalue weighted by atomic mass is 10.1. The van der Waals surface area contributed by atoms with E-state index < -0.39 is 0 Å². The first-order chi connectivity index (χ1) is 10.2. The molecule has 1 atom stereocenters. The van der Waals surface area contributed by atoms with Crippen LogP contribution < -0.4 is 10.1 Å². The molecule has 0 saturated carbocycles. The molecule has 1 unspecified atom stereocenters. The molecule has 0 amide bonds. The molecular formula is C17H25BrN2O. The minimum atomic E-state index is 0.698. The van der Waals surface area contributed by atoms with Gasteiger partial charge in [-0.1, -0.05) is 22.9 Å². The van der Waals surface area contributed by atoms with Crippen molar-refractivity contribution in [3.05, 3.63) is 27.7 Å². The largest absolute Gasteiger partial charge is 0.493 e. The molecule has 1 fully saturated rings. The molecule has 3 rings (SSSR count). The lowest BCUT2D eigenvalue weighted by Crippen LogP contribution is -2.31. The third kappa shape index (κ3) is 3.99. The molecular weight excluding hydrogens is 328 g/mol. The Labute approximate surface area is 136 Å². The van der Waals surface area contributed by atoms with Crippen LogP contribution in [0.5, 0.6) is 5.75 Å². The van der Waals surface area contributed by atoms with Crippen molar-refractivity contribution in [2.24, 2.45) is 5.92 Å². The second kappa shape index (κ2) is 7.12. The van der Waals surface area contributed by atoms with Gasteiger partial charge in [-0.25, -0.2) is 0 Å². The van der Waals surface area contributed by atoms with Crippen LogP contribution in [0.25, 0.3) is 0 Å². The van der Waals surface area contributed by atoms with Gasteiger partial charge in [0.1, 0.15) is 5.75 Å². The Balaban J connectivity index is 1.49. The topological polar surface area (TPSA) is 24.5 Å². The third-order valence-corrected chi connectivity index (χ3v) is 4.86. The Bertz CT molecular complexity index is 486. The van der Waals surface area contributed by atoms with Crippen molar-refractivity contribution in [3.63, 3.8) is 0 Å². The summed E-state index contributed by atoms with van der Waals surface area (Å²) in [6.45, 7) is 8.93. The van der Waals surface area contributed by atoms with E-state index in [1.807, 2.05) is 0 Å². The fourth-order valence-electron chi connectivity index (χ4n) is 3.40. The molecule has 1 aromatic rings. The molecule has 0 aromatic heterocycles. The predicted molar refractivity (Wildman–Crippen MR) is 89.9 cm³/mol. The average molecular weight is 353 g/mol. The van der Waals surface area contributed by atoms with Crippen LogP contribution in [-0.4, -0.2) is 37.7 Å². The van der Waals surface area contributed by atoms with E-state index in [0.29, 0.717) is 5.92 Å². The molecule has 3 nitrogen and oxygen atoms in total. The van der Waals surface area contributed by atoms with Crippen LogP contribution in [0.4, 0.5) is 0 Å². The van der Waals surface area contributed by atoms with Gasteiger partial charge in [-0.15, -0.1) is 0 Å². The quantitative estimate of drug-likeness (QED) is 0.850. The van der Waals surface area contributed by atoms with Crippen LogP contribution in [-0.2, 0) is 13.0 Å². The summed E-state index contributed by atoms with van der Waals surface area (Å²) in [5, 5.41) is 3.60. The van der Waals surface area contributed by atoms with Gasteiger partial charge < -0.3 is 15.0 Å². The first-order valence-electron chi connectivity index (χ1n) is 8.09. The highest BCUT2D eigenvalue weighted by molar-refractivity contribution is 9.10. The molecule has 0 bridgehead atoms. The number of hydrogen-bond donors (Lipinski definition) is 1. The van der Waals surface area contributed by atoms with Gasteiger partial charge >= 0.3 is 0 Å². The maximum atomic E-state index is 5.78. The summed E-state index contributed by atoms with van der Waals surface area (Å²) in [6.07, 6.45) is 3.79. The molecule has 2 aliphatic heterocycles. The van der Waals surface area contributed by atoms with Gasteiger partial charge in [-0.3, -0.25) is 0 Å². The third-order valence-electron chi connectivity index (χ3n) is 4.40. The van der Waals surface area contributed by atoms with E-state index in [1.165, 1.54) is 43.6 Å². The van der Waals surface area contributed by atoms with Crippen molar-refractivity contribution < 1.29 is 4.74 Å². The van der Waals surface area contributed by atoms with Crippen LogP contribution in [0.2, 0.25) is 0 Å². The van der Waals surface area contributed by atoms with Gasteiger partial charge in [0.25, 0.3) is 0 Å². The Morgan fingerprint density at radius 3 is 2.95 bits per heavy atom. The summed E-state index contributed by atoms with van der Waals surface area (Å²) < 4.78 is 6.94. The molecule has 4 heteroatoms. The van der Waals surface area contributed by atoms with Gasteiger partial charge in [-0.2, -0.15) is 0 Å². The summed E-state index contributed by atoms with van der Waals surface area (Å²) in [6, 6.07) is 4.37. The van der Waals surface area contributed by atoms with Crippen LogP contribution >= 0.6 is 15.9 Å². The number of fused-ring (bicyclic) bond motifs is 1. The minimum absolute atomic E-state index is 0.698. The highest BCUT2D eigenvalue weighted by Gasteiger charge is 2.18. The van der Waals surface area contributed by atoms with Crippen LogP contribution in [0, 0.1) is 5.92 Å². The smallest absolute Gasteiger partial charge is 0.127 e. The zero-order valence-corrected chi connectivity index (χ0v) is 14.4. The van der Waals surface area contributed by atoms with Crippen molar-refractivity contribution in [2.45, 2.75) is 32.7 Å². The zero-order valence-electron chi connectivity index (χ0n) is 12.8. The molecule has 21 heavy (non-hydrogen) atoms. The van der Waals surface area contributed by atoms with Crippen LogP contribution in [0.1, 0.15) is 30.9 Å². The fourth-order valence-corrected chi connectivity index (χ4v) is 3.95. The monoisotopic (exact) mass is 352 g/mol. The van der Waals surface area contributed by atoms with Crippen molar-refractivity contribution >= 4 is 15.9 Å². The van der Waals surface area contributed by atoms with Gasteiger partial charge in [0, 0.05) is 29.5 Å². The SMILES string of the molecule is CC(CNCc1cc(Br)cc2c1OCC2)CN1CCCC1. The number of ether oxygens (including phenoxy) is 1. The number of nitrogens with zero attached hydrogens (tertiary/aromatic N) is 1. The molecule has 0 spiro atoms. The van der Waals surface area contributed by atoms with Gasteiger partial charge in [0.2, 0.25) is 0 Å². The molecule has 116 valence electrons. The van der Waals surface area contributed by atoms with Gasteiger partial charge in [0.05, 0.1) is 6.61 Å². The van der Waals surface area contributed by atoms with E-state index in [-0.39, 0.29) is 0 Å². The molecule has 1 saturated heterocycles. The zero-order chi connectivity index (χ0) is 14.7. The average Bonchev–Trinajstić information content (AvgIpc) is 3.09. The normalized spacial score (nSPS) is 19.5. The summed E-state index contributed by atoms with van der Waals surface area (Å²) in [4.78, 5) is 2.59. The van der Waals surface area contributed by atoms with Crippen molar-refractivity contribution in [1.82, 2.24) is 10.2 Å². The fraction of sp³-hybridized carbons (Fsp3) is 0.647. The maximum Gasteiger partial charge on any atom is 0.127 e.